The number of hydrogen-bond acceptors (Lipinski definition) is 6. The van der Waals surface area contributed by atoms with E-state index in [4.69, 9.17) is 26.4 Å². The van der Waals surface area contributed by atoms with E-state index in [-0.39, 0.29) is 27.6 Å². The number of halogens is 4. The zero-order valence-corrected chi connectivity index (χ0v) is 28.4. The Morgan fingerprint density at radius 1 is 1.22 bits per heavy atom. The fourth-order valence-electron chi connectivity index (χ4n) is 5.78. The molecule has 5 rings (SSSR count). The summed E-state index contributed by atoms with van der Waals surface area (Å²) in [5.41, 5.74) is 2.50. The molecule has 0 spiro atoms. The second-order valence-electron chi connectivity index (χ2n) is 12.3. The van der Waals surface area contributed by atoms with E-state index in [1.807, 2.05) is 37.4 Å². The van der Waals surface area contributed by atoms with Crippen LogP contribution < -0.4 is 14.7 Å². The van der Waals surface area contributed by atoms with Crippen LogP contribution in [0.1, 0.15) is 50.1 Å². The maximum absolute atomic E-state index is 13.5. The van der Waals surface area contributed by atoms with E-state index >= 15 is 0 Å². The summed E-state index contributed by atoms with van der Waals surface area (Å²) in [5, 5.41) is 7.15. The van der Waals surface area contributed by atoms with Gasteiger partial charge in [-0.1, -0.05) is 63.2 Å². The summed E-state index contributed by atoms with van der Waals surface area (Å²) >= 11 is 6.14. The maximum Gasteiger partial charge on any atom is 0.416 e. The van der Waals surface area contributed by atoms with Gasteiger partial charge in [-0.25, -0.2) is 9.28 Å². The van der Waals surface area contributed by atoms with E-state index in [2.05, 4.69) is 32.3 Å². The molecule has 0 bridgehead atoms. The molecular formula is C36H39ClF3N6O3+. The number of nitrogens with one attached hydrogen (secondary N) is 1. The fraction of sp³-hybridized carbons (Fsp3) is 0.333. The molecule has 2 aliphatic rings. The van der Waals surface area contributed by atoms with Gasteiger partial charge in [-0.15, -0.1) is 5.10 Å². The Morgan fingerprint density at radius 2 is 1.98 bits per heavy atom. The number of benzene rings is 2. The monoisotopic (exact) mass is 695 g/mol. The minimum absolute atomic E-state index is 0.0301. The Balaban J connectivity index is 1.56. The number of nitrogens with zero attached hydrogens (tertiary/aromatic N) is 5. The second kappa shape index (κ2) is 14.5. The average molecular weight is 696 g/mol. The Bertz CT molecular complexity index is 1850. The SMILES string of the molecule is C=CC(=O)[N+](C)(CCC(C)CC)c1ccccc1C1=CN(CC(=O)Nc2ccc(C(F)(F)F)cc2Cl)c2nc(C3=CCOCC3)nn2C1=C. The van der Waals surface area contributed by atoms with Gasteiger partial charge in [0.1, 0.15) is 12.2 Å². The van der Waals surface area contributed by atoms with Gasteiger partial charge < -0.3 is 15.0 Å². The number of carbonyl (C=O) groups is 2. The molecule has 2 aliphatic heterocycles. The molecule has 1 aromatic heterocycles. The number of hydrogen-bond donors (Lipinski definition) is 1. The average Bonchev–Trinajstić information content (AvgIpc) is 3.55. The molecular weight excluding hydrogens is 657 g/mol. The first kappa shape index (κ1) is 35.8. The lowest BCUT2D eigenvalue weighted by molar-refractivity contribution is -0.137. The van der Waals surface area contributed by atoms with E-state index < -0.39 is 17.6 Å². The molecule has 13 heteroatoms. The lowest BCUT2D eigenvalue weighted by atomic mass is 9.97. The van der Waals surface area contributed by atoms with Gasteiger partial charge in [-0.2, -0.15) is 22.8 Å². The molecule has 0 aliphatic carbocycles. The first-order valence-electron chi connectivity index (χ1n) is 16.0. The van der Waals surface area contributed by atoms with Crippen molar-refractivity contribution in [2.45, 2.75) is 39.3 Å². The number of rotatable bonds is 11. The van der Waals surface area contributed by atoms with Crippen LogP contribution in [-0.2, 0) is 20.5 Å². The molecule has 0 saturated carbocycles. The van der Waals surface area contributed by atoms with Crippen molar-refractivity contribution in [3.8, 4) is 0 Å². The summed E-state index contributed by atoms with van der Waals surface area (Å²) in [6.45, 7) is 13.6. The largest absolute Gasteiger partial charge is 0.416 e. The third kappa shape index (κ3) is 7.56. The van der Waals surface area contributed by atoms with Gasteiger partial charge in [0.15, 0.2) is 5.82 Å². The topological polar surface area (TPSA) is 89.3 Å². The van der Waals surface area contributed by atoms with E-state index in [0.717, 1.165) is 42.3 Å². The summed E-state index contributed by atoms with van der Waals surface area (Å²) in [7, 11) is 1.87. The smallest absolute Gasteiger partial charge is 0.377 e. The van der Waals surface area contributed by atoms with E-state index in [0.29, 0.717) is 60.7 Å². The van der Waals surface area contributed by atoms with Crippen LogP contribution in [0.4, 0.5) is 30.5 Å². The standard InChI is InChI=1S/C36H38ClF3N6O3/c1-6-23(3)14-17-46(5,33(48)7-2)31-11-9-8-10-27(31)28-21-44(22-32(47)41-30-13-12-26(20-29(30)37)36(38,39)40)35-42-34(43-45(35)24(28)4)25-15-18-49-19-16-25/h7-13,15,20-21,23H,2,4,6,14,16-19,22H2,1,3,5H3/p+1. The van der Waals surface area contributed by atoms with Crippen LogP contribution in [0.5, 0.6) is 0 Å². The van der Waals surface area contributed by atoms with Gasteiger partial charge >= 0.3 is 12.1 Å². The van der Waals surface area contributed by atoms with Gasteiger partial charge in [-0.3, -0.25) is 4.79 Å². The number of aromatic nitrogens is 3. The molecule has 49 heavy (non-hydrogen) atoms. The molecule has 1 N–H and O–H groups in total. The van der Waals surface area contributed by atoms with E-state index in [9.17, 15) is 22.8 Å². The zero-order chi connectivity index (χ0) is 35.5. The number of carbonyl (C=O) groups excluding carboxylic acids is 2. The molecule has 9 nitrogen and oxygen atoms in total. The first-order chi connectivity index (χ1) is 23.3. The van der Waals surface area contributed by atoms with Crippen molar-refractivity contribution in [1.82, 2.24) is 19.2 Å². The summed E-state index contributed by atoms with van der Waals surface area (Å²) in [5.74, 6) is 0.440. The molecule has 2 atom stereocenters. The van der Waals surface area contributed by atoms with Crippen LogP contribution in [0.2, 0.25) is 5.02 Å². The molecule has 0 fully saturated rings. The highest BCUT2D eigenvalue weighted by atomic mass is 35.5. The number of allylic oxidation sites excluding steroid dienone is 2. The van der Waals surface area contributed by atoms with Gasteiger partial charge in [0, 0.05) is 35.9 Å². The molecule has 3 heterocycles. The fourth-order valence-corrected chi connectivity index (χ4v) is 6.01. The Kier molecular flexibility index (Phi) is 10.6. The van der Waals surface area contributed by atoms with Crippen LogP contribution in [0.25, 0.3) is 16.8 Å². The number of quaternary nitrogens is 1. The number of alkyl halides is 3. The Labute approximate surface area is 288 Å². The number of fused-ring (bicyclic) bond motifs is 1. The summed E-state index contributed by atoms with van der Waals surface area (Å²) in [6.07, 6.45) is 2.77. The van der Waals surface area contributed by atoms with Gasteiger partial charge in [0.25, 0.3) is 0 Å². The molecule has 258 valence electrons. The van der Waals surface area contributed by atoms with Gasteiger partial charge in [0.05, 0.1) is 48.8 Å². The highest BCUT2D eigenvalue weighted by molar-refractivity contribution is 6.33. The summed E-state index contributed by atoms with van der Waals surface area (Å²) in [4.78, 5) is 33.4. The molecule has 0 radical (unpaired) electrons. The van der Waals surface area contributed by atoms with Crippen LogP contribution in [0.15, 0.2) is 74.0 Å². The van der Waals surface area contributed by atoms with Crippen molar-refractivity contribution >= 4 is 57.6 Å². The number of para-hydroxylation sites is 1. The van der Waals surface area contributed by atoms with Crippen molar-refractivity contribution in [2.24, 2.45) is 5.92 Å². The lowest BCUT2D eigenvalue weighted by Crippen LogP contribution is -2.51. The predicted octanol–water partition coefficient (Wildman–Crippen LogP) is 7.81. The normalized spacial score (nSPS) is 16.6. The minimum Gasteiger partial charge on any atom is -0.377 e. The molecule has 2 unspecified atom stereocenters. The van der Waals surface area contributed by atoms with Crippen molar-refractivity contribution in [3.05, 3.63) is 95.9 Å². The lowest BCUT2D eigenvalue weighted by Gasteiger charge is -2.34. The van der Waals surface area contributed by atoms with Gasteiger partial charge in [-0.05, 0) is 42.2 Å². The number of amides is 2. The summed E-state index contributed by atoms with van der Waals surface area (Å²) in [6, 6.07) is 10.3. The molecule has 3 aromatic rings. The summed E-state index contributed by atoms with van der Waals surface area (Å²) < 4.78 is 46.6. The van der Waals surface area contributed by atoms with Crippen molar-refractivity contribution in [2.75, 3.05) is 43.6 Å². The Morgan fingerprint density at radius 3 is 2.63 bits per heavy atom. The van der Waals surface area contributed by atoms with E-state index in [1.165, 1.54) is 6.08 Å². The minimum atomic E-state index is -4.58. The predicted molar refractivity (Wildman–Crippen MR) is 187 cm³/mol. The highest BCUT2D eigenvalue weighted by Gasteiger charge is 2.38. The number of ether oxygens (including phenoxy) is 1. The van der Waals surface area contributed by atoms with Gasteiger partial charge in [0.2, 0.25) is 11.9 Å². The highest BCUT2D eigenvalue weighted by Crippen LogP contribution is 2.41. The maximum atomic E-state index is 13.5. The van der Waals surface area contributed by atoms with Crippen molar-refractivity contribution < 1.29 is 27.5 Å². The number of anilines is 2. The van der Waals surface area contributed by atoms with Crippen LogP contribution in [-0.4, -0.2) is 59.9 Å². The second-order valence-corrected chi connectivity index (χ2v) is 12.7. The van der Waals surface area contributed by atoms with Crippen molar-refractivity contribution in [3.63, 3.8) is 0 Å². The van der Waals surface area contributed by atoms with Crippen LogP contribution in [0, 0.1) is 5.92 Å². The van der Waals surface area contributed by atoms with Crippen molar-refractivity contribution in [1.29, 1.82) is 0 Å². The third-order valence-electron chi connectivity index (χ3n) is 8.99. The Hall–Kier alpha value is -4.52. The van der Waals surface area contributed by atoms with Crippen LogP contribution >= 0.6 is 11.6 Å². The number of likely N-dealkylation sites (N-methyl/N-ethyl adjacent to an activating group) is 1. The molecule has 2 aromatic carbocycles. The van der Waals surface area contributed by atoms with Crippen LogP contribution in [0.3, 0.4) is 0 Å². The first-order valence-corrected chi connectivity index (χ1v) is 16.4. The zero-order valence-electron chi connectivity index (χ0n) is 27.7. The molecule has 0 saturated heterocycles. The quantitative estimate of drug-likeness (QED) is 0.163. The van der Waals surface area contributed by atoms with E-state index in [1.54, 1.807) is 15.8 Å². The molecule has 2 amide bonds. The third-order valence-corrected chi connectivity index (χ3v) is 9.30.